The minimum Gasteiger partial charge on any atom is -0.387 e. The summed E-state index contributed by atoms with van der Waals surface area (Å²) < 4.78 is 2.02. The Morgan fingerprint density at radius 2 is 2.05 bits per heavy atom. The normalized spacial score (nSPS) is 12.9. The number of aromatic nitrogens is 2. The van der Waals surface area contributed by atoms with Gasteiger partial charge in [0.1, 0.15) is 0 Å². The van der Waals surface area contributed by atoms with Crippen LogP contribution in [0, 0.1) is 13.8 Å². The SMILES string of the molecule is Cc1cc(C)cc(C(O)CNCc2cn3ccnc3s2)c1. The van der Waals surface area contributed by atoms with Crippen molar-refractivity contribution in [1.29, 1.82) is 0 Å². The number of aliphatic hydroxyl groups excluding tert-OH is 1. The van der Waals surface area contributed by atoms with Crippen LogP contribution >= 0.6 is 11.3 Å². The van der Waals surface area contributed by atoms with Gasteiger partial charge in [0.2, 0.25) is 0 Å². The van der Waals surface area contributed by atoms with E-state index in [2.05, 4.69) is 36.4 Å². The third-order valence-corrected chi connectivity index (χ3v) is 4.42. The summed E-state index contributed by atoms with van der Waals surface area (Å²) in [6, 6.07) is 6.20. The summed E-state index contributed by atoms with van der Waals surface area (Å²) in [7, 11) is 0. The first kappa shape index (κ1) is 14.3. The first-order valence-electron chi connectivity index (χ1n) is 7.00. The molecule has 3 aromatic rings. The molecule has 5 heteroatoms. The molecule has 0 radical (unpaired) electrons. The Labute approximate surface area is 128 Å². The molecule has 0 saturated carbocycles. The van der Waals surface area contributed by atoms with Crippen molar-refractivity contribution in [2.45, 2.75) is 26.5 Å². The van der Waals surface area contributed by atoms with E-state index in [4.69, 9.17) is 0 Å². The molecule has 110 valence electrons. The van der Waals surface area contributed by atoms with Gasteiger partial charge >= 0.3 is 0 Å². The Hall–Kier alpha value is -1.69. The van der Waals surface area contributed by atoms with Gasteiger partial charge in [-0.15, -0.1) is 11.3 Å². The van der Waals surface area contributed by atoms with Gasteiger partial charge in [-0.2, -0.15) is 0 Å². The zero-order chi connectivity index (χ0) is 14.8. The van der Waals surface area contributed by atoms with Gasteiger partial charge in [-0.3, -0.25) is 4.40 Å². The molecule has 2 N–H and O–H groups in total. The Morgan fingerprint density at radius 3 is 2.76 bits per heavy atom. The van der Waals surface area contributed by atoms with Crippen molar-refractivity contribution in [1.82, 2.24) is 14.7 Å². The standard InChI is InChI=1S/C16H19N3OS/c1-11-5-12(2)7-13(6-11)15(20)9-17-8-14-10-19-4-3-18-16(19)21-14/h3-7,10,15,17,20H,8-9H2,1-2H3. The van der Waals surface area contributed by atoms with Gasteiger partial charge in [-0.25, -0.2) is 4.98 Å². The molecule has 0 amide bonds. The number of rotatable bonds is 5. The van der Waals surface area contributed by atoms with Gasteiger partial charge in [0.05, 0.1) is 6.10 Å². The number of aryl methyl sites for hydroxylation is 2. The van der Waals surface area contributed by atoms with Crippen molar-refractivity contribution >= 4 is 16.3 Å². The monoisotopic (exact) mass is 301 g/mol. The lowest BCUT2D eigenvalue weighted by Crippen LogP contribution is -2.20. The molecule has 3 rings (SSSR count). The highest BCUT2D eigenvalue weighted by atomic mass is 32.1. The fourth-order valence-corrected chi connectivity index (χ4v) is 3.42. The number of benzene rings is 1. The van der Waals surface area contributed by atoms with Crippen molar-refractivity contribution in [2.24, 2.45) is 0 Å². The van der Waals surface area contributed by atoms with Crippen LogP contribution in [-0.2, 0) is 6.54 Å². The van der Waals surface area contributed by atoms with Crippen molar-refractivity contribution in [2.75, 3.05) is 6.54 Å². The zero-order valence-corrected chi connectivity index (χ0v) is 13.0. The number of thiazole rings is 1. The summed E-state index contributed by atoms with van der Waals surface area (Å²) in [6.07, 6.45) is 5.34. The van der Waals surface area contributed by atoms with Crippen LogP contribution in [0.25, 0.3) is 4.96 Å². The van der Waals surface area contributed by atoms with Gasteiger partial charge in [-0.1, -0.05) is 29.3 Å². The highest BCUT2D eigenvalue weighted by Crippen LogP contribution is 2.18. The average Bonchev–Trinajstić information content (AvgIpc) is 2.98. The maximum Gasteiger partial charge on any atom is 0.193 e. The molecule has 0 fully saturated rings. The summed E-state index contributed by atoms with van der Waals surface area (Å²) >= 11 is 1.66. The third-order valence-electron chi connectivity index (χ3n) is 3.40. The van der Waals surface area contributed by atoms with E-state index in [9.17, 15) is 5.11 Å². The fourth-order valence-electron chi connectivity index (χ4n) is 2.51. The lowest BCUT2D eigenvalue weighted by atomic mass is 10.0. The van der Waals surface area contributed by atoms with E-state index in [1.807, 2.05) is 22.7 Å². The Bertz CT molecular complexity index is 698. The van der Waals surface area contributed by atoms with Crippen molar-refractivity contribution in [3.05, 3.63) is 58.4 Å². The third kappa shape index (κ3) is 3.32. The second-order valence-corrected chi connectivity index (χ2v) is 6.48. The molecule has 1 atom stereocenters. The Morgan fingerprint density at radius 1 is 1.29 bits per heavy atom. The topological polar surface area (TPSA) is 49.6 Å². The lowest BCUT2D eigenvalue weighted by molar-refractivity contribution is 0.174. The molecule has 0 saturated heterocycles. The fraction of sp³-hybridized carbons (Fsp3) is 0.312. The van der Waals surface area contributed by atoms with Crippen LogP contribution in [0.5, 0.6) is 0 Å². The predicted octanol–water partition coefficient (Wildman–Crippen LogP) is 2.84. The molecule has 0 aliphatic carbocycles. The lowest BCUT2D eigenvalue weighted by Gasteiger charge is -2.13. The van der Waals surface area contributed by atoms with Gasteiger partial charge in [0.15, 0.2) is 4.96 Å². The smallest absolute Gasteiger partial charge is 0.193 e. The number of imidazole rings is 1. The van der Waals surface area contributed by atoms with E-state index in [1.54, 1.807) is 17.5 Å². The first-order chi connectivity index (χ1) is 10.1. The van der Waals surface area contributed by atoms with E-state index in [-0.39, 0.29) is 0 Å². The van der Waals surface area contributed by atoms with Crippen LogP contribution in [0.4, 0.5) is 0 Å². The van der Waals surface area contributed by atoms with Crippen LogP contribution < -0.4 is 5.32 Å². The summed E-state index contributed by atoms with van der Waals surface area (Å²) in [5, 5.41) is 13.6. The van der Waals surface area contributed by atoms with Gasteiger partial charge < -0.3 is 10.4 Å². The van der Waals surface area contributed by atoms with Crippen LogP contribution in [0.2, 0.25) is 0 Å². The summed E-state index contributed by atoms with van der Waals surface area (Å²) in [4.78, 5) is 6.47. The van der Waals surface area contributed by atoms with E-state index < -0.39 is 6.10 Å². The second kappa shape index (κ2) is 5.97. The minimum atomic E-state index is -0.479. The Balaban J connectivity index is 1.58. The number of aliphatic hydroxyl groups is 1. The molecule has 0 spiro atoms. The molecule has 21 heavy (non-hydrogen) atoms. The first-order valence-corrected chi connectivity index (χ1v) is 7.82. The van der Waals surface area contributed by atoms with Crippen LogP contribution in [-0.4, -0.2) is 21.0 Å². The quantitative estimate of drug-likeness (QED) is 0.762. The number of fused-ring (bicyclic) bond motifs is 1. The summed E-state index contributed by atoms with van der Waals surface area (Å²) in [5.74, 6) is 0. The number of hydrogen-bond donors (Lipinski definition) is 2. The number of nitrogens with zero attached hydrogens (tertiary/aromatic N) is 2. The van der Waals surface area contributed by atoms with Crippen LogP contribution in [0.1, 0.15) is 27.7 Å². The number of hydrogen-bond acceptors (Lipinski definition) is 4. The molecule has 0 aliphatic rings. The van der Waals surface area contributed by atoms with E-state index in [1.165, 1.54) is 16.0 Å². The molecular weight excluding hydrogens is 282 g/mol. The molecule has 2 aromatic heterocycles. The highest BCUT2D eigenvalue weighted by molar-refractivity contribution is 7.17. The van der Waals surface area contributed by atoms with Gasteiger partial charge in [0, 0.05) is 36.6 Å². The minimum absolute atomic E-state index is 0.479. The van der Waals surface area contributed by atoms with Crippen molar-refractivity contribution < 1.29 is 5.11 Å². The molecule has 0 aliphatic heterocycles. The summed E-state index contributed by atoms with van der Waals surface area (Å²) in [5.41, 5.74) is 3.34. The van der Waals surface area contributed by atoms with Gasteiger partial charge in [0.25, 0.3) is 0 Å². The van der Waals surface area contributed by atoms with E-state index in [0.717, 1.165) is 17.1 Å². The maximum atomic E-state index is 10.3. The van der Waals surface area contributed by atoms with E-state index in [0.29, 0.717) is 6.54 Å². The second-order valence-electron chi connectivity index (χ2n) is 5.38. The van der Waals surface area contributed by atoms with Gasteiger partial charge in [-0.05, 0) is 19.4 Å². The van der Waals surface area contributed by atoms with Crippen molar-refractivity contribution in [3.8, 4) is 0 Å². The predicted molar refractivity (Wildman–Crippen MR) is 85.7 cm³/mol. The summed E-state index contributed by atoms with van der Waals surface area (Å²) in [6.45, 7) is 5.40. The Kier molecular flexibility index (Phi) is 4.05. The van der Waals surface area contributed by atoms with E-state index >= 15 is 0 Å². The molecule has 4 nitrogen and oxygen atoms in total. The largest absolute Gasteiger partial charge is 0.387 e. The average molecular weight is 301 g/mol. The molecule has 1 aromatic carbocycles. The maximum absolute atomic E-state index is 10.3. The van der Waals surface area contributed by atoms with Crippen LogP contribution in [0.3, 0.4) is 0 Å². The molecule has 1 unspecified atom stereocenters. The molecule has 0 bridgehead atoms. The molecule has 2 heterocycles. The zero-order valence-electron chi connectivity index (χ0n) is 12.2. The van der Waals surface area contributed by atoms with Crippen LogP contribution in [0.15, 0.2) is 36.8 Å². The highest BCUT2D eigenvalue weighted by Gasteiger charge is 2.09. The number of nitrogens with one attached hydrogen (secondary N) is 1. The molecular formula is C16H19N3OS. The van der Waals surface area contributed by atoms with Crippen molar-refractivity contribution in [3.63, 3.8) is 0 Å².